The summed E-state index contributed by atoms with van der Waals surface area (Å²) in [6, 6.07) is 1.47. The Kier molecular flexibility index (Phi) is 4.00. The van der Waals surface area contributed by atoms with Crippen molar-refractivity contribution in [1.29, 1.82) is 0 Å². The molecule has 0 atom stereocenters. The van der Waals surface area contributed by atoms with Crippen LogP contribution in [0.25, 0.3) is 0 Å². The lowest BCUT2D eigenvalue weighted by Crippen LogP contribution is -2.22. The highest BCUT2D eigenvalue weighted by atomic mass is 35.5. The first kappa shape index (κ1) is 14.2. The minimum atomic E-state index is -3.99. The van der Waals surface area contributed by atoms with Crippen molar-refractivity contribution in [3.05, 3.63) is 23.0 Å². The number of hydrogen-bond donors (Lipinski definition) is 1. The third-order valence-electron chi connectivity index (χ3n) is 1.61. The van der Waals surface area contributed by atoms with Gasteiger partial charge in [0.2, 0.25) is 10.0 Å². The van der Waals surface area contributed by atoms with Crippen molar-refractivity contribution in [2.45, 2.75) is 6.92 Å². The number of nitrogens with one attached hydrogen (secondary N) is 1. The van der Waals surface area contributed by atoms with Gasteiger partial charge in [-0.25, -0.2) is 21.8 Å². The molecule has 0 bridgehead atoms. The van der Waals surface area contributed by atoms with E-state index in [-0.39, 0.29) is 10.8 Å². The molecule has 9 heteroatoms. The van der Waals surface area contributed by atoms with Crippen LogP contribution in [0.15, 0.2) is 12.3 Å². The summed E-state index contributed by atoms with van der Waals surface area (Å²) < 4.78 is 46.9. The molecule has 1 aromatic rings. The van der Waals surface area contributed by atoms with Gasteiger partial charge >= 0.3 is 0 Å². The van der Waals surface area contributed by atoms with Gasteiger partial charge in [-0.2, -0.15) is 0 Å². The van der Waals surface area contributed by atoms with Gasteiger partial charge in [-0.05, 0) is 18.6 Å². The first-order valence-corrected chi connectivity index (χ1v) is 8.48. The molecule has 0 saturated heterocycles. The van der Waals surface area contributed by atoms with Gasteiger partial charge in [-0.1, -0.05) is 11.6 Å². The molecule has 1 aromatic heterocycles. The third-order valence-corrected chi connectivity index (χ3v) is 5.40. The molecule has 0 saturated carbocycles. The first-order valence-electron chi connectivity index (χ1n) is 4.39. The molecule has 17 heavy (non-hydrogen) atoms. The SMILES string of the molecule is Cc1cnc(Cl)c(NS(=O)(=O)CS(C)(=O)=O)c1. The number of pyridine rings is 1. The number of rotatable bonds is 4. The van der Waals surface area contributed by atoms with Crippen LogP contribution in [0, 0.1) is 6.92 Å². The average Bonchev–Trinajstić information content (AvgIpc) is 2.06. The molecule has 0 fully saturated rings. The fourth-order valence-corrected chi connectivity index (χ4v) is 4.29. The van der Waals surface area contributed by atoms with Crippen LogP contribution in [0.2, 0.25) is 5.15 Å². The van der Waals surface area contributed by atoms with E-state index in [1.165, 1.54) is 12.3 Å². The summed E-state index contributed by atoms with van der Waals surface area (Å²) >= 11 is 5.69. The lowest BCUT2D eigenvalue weighted by molar-refractivity contribution is 0.595. The van der Waals surface area contributed by atoms with Crippen molar-refractivity contribution in [1.82, 2.24) is 4.98 Å². The molecular weight excluding hydrogens is 288 g/mol. The van der Waals surface area contributed by atoms with Gasteiger partial charge < -0.3 is 0 Å². The van der Waals surface area contributed by atoms with Crippen molar-refractivity contribution >= 4 is 37.1 Å². The zero-order valence-corrected chi connectivity index (χ0v) is 11.5. The smallest absolute Gasteiger partial charge is 0.247 e. The Morgan fingerprint density at radius 3 is 2.47 bits per heavy atom. The molecule has 0 aliphatic heterocycles. The monoisotopic (exact) mass is 298 g/mol. The van der Waals surface area contributed by atoms with Crippen molar-refractivity contribution < 1.29 is 16.8 Å². The average molecular weight is 299 g/mol. The molecule has 1 rings (SSSR count). The highest BCUT2D eigenvalue weighted by Crippen LogP contribution is 2.21. The number of aromatic nitrogens is 1. The van der Waals surface area contributed by atoms with Gasteiger partial charge in [-0.15, -0.1) is 0 Å². The van der Waals surface area contributed by atoms with Gasteiger partial charge in [-0.3, -0.25) is 4.72 Å². The largest absolute Gasteiger partial charge is 0.280 e. The predicted molar refractivity (Wildman–Crippen MR) is 66.2 cm³/mol. The molecule has 0 aliphatic rings. The van der Waals surface area contributed by atoms with Gasteiger partial charge in [0, 0.05) is 12.5 Å². The van der Waals surface area contributed by atoms with E-state index in [4.69, 9.17) is 11.6 Å². The number of halogens is 1. The molecule has 0 aromatic carbocycles. The fourth-order valence-electron chi connectivity index (χ4n) is 1.10. The van der Waals surface area contributed by atoms with Crippen LogP contribution in [-0.2, 0) is 19.9 Å². The third kappa shape index (κ3) is 4.88. The second-order valence-corrected chi connectivity index (χ2v) is 8.20. The maximum absolute atomic E-state index is 11.5. The van der Waals surface area contributed by atoms with Crippen molar-refractivity contribution in [2.75, 3.05) is 16.1 Å². The maximum atomic E-state index is 11.5. The summed E-state index contributed by atoms with van der Waals surface area (Å²) in [7, 11) is -7.63. The zero-order chi connectivity index (χ0) is 13.3. The minimum absolute atomic E-state index is 0.0346. The Balaban J connectivity index is 3.02. The van der Waals surface area contributed by atoms with E-state index in [1.807, 2.05) is 0 Å². The van der Waals surface area contributed by atoms with Crippen LogP contribution >= 0.6 is 11.6 Å². The molecule has 0 aliphatic carbocycles. The van der Waals surface area contributed by atoms with E-state index >= 15 is 0 Å². The van der Waals surface area contributed by atoms with Crippen molar-refractivity contribution in [3.63, 3.8) is 0 Å². The molecule has 96 valence electrons. The Hall–Kier alpha value is -0.860. The summed E-state index contributed by atoms with van der Waals surface area (Å²) in [5.41, 5.74) is 0.766. The fraction of sp³-hybridized carbons (Fsp3) is 0.375. The first-order chi connectivity index (χ1) is 7.59. The Morgan fingerprint density at radius 1 is 1.35 bits per heavy atom. The summed E-state index contributed by atoms with van der Waals surface area (Å²) in [4.78, 5) is 3.75. The molecule has 0 unspecified atom stereocenters. The highest BCUT2D eigenvalue weighted by Gasteiger charge is 2.19. The molecule has 6 nitrogen and oxygen atoms in total. The van der Waals surface area contributed by atoms with Crippen LogP contribution in [0.4, 0.5) is 5.69 Å². The van der Waals surface area contributed by atoms with Crippen molar-refractivity contribution in [2.24, 2.45) is 0 Å². The summed E-state index contributed by atoms with van der Waals surface area (Å²) in [6.45, 7) is 1.71. The van der Waals surface area contributed by atoms with E-state index in [1.54, 1.807) is 6.92 Å². The van der Waals surface area contributed by atoms with E-state index in [9.17, 15) is 16.8 Å². The molecule has 1 heterocycles. The molecular formula is C8H11ClN2O4S2. The summed E-state index contributed by atoms with van der Waals surface area (Å²) in [5.74, 6) is 0. The number of hydrogen-bond acceptors (Lipinski definition) is 5. The van der Waals surface area contributed by atoms with Gasteiger partial charge in [0.15, 0.2) is 20.1 Å². The van der Waals surface area contributed by atoms with E-state index in [0.717, 1.165) is 6.26 Å². The zero-order valence-electron chi connectivity index (χ0n) is 9.14. The quantitative estimate of drug-likeness (QED) is 0.829. The van der Waals surface area contributed by atoms with E-state index in [2.05, 4.69) is 9.71 Å². The molecule has 0 radical (unpaired) electrons. The van der Waals surface area contributed by atoms with E-state index < -0.39 is 24.9 Å². The molecule has 0 spiro atoms. The van der Waals surface area contributed by atoms with Gasteiger partial charge in [0.25, 0.3) is 0 Å². The lowest BCUT2D eigenvalue weighted by atomic mass is 10.3. The van der Waals surface area contributed by atoms with Gasteiger partial charge in [0.1, 0.15) is 0 Å². The number of aryl methyl sites for hydroxylation is 1. The highest BCUT2D eigenvalue weighted by molar-refractivity contribution is 8.08. The number of sulfonamides is 1. The van der Waals surface area contributed by atoms with Crippen LogP contribution < -0.4 is 4.72 Å². The van der Waals surface area contributed by atoms with Gasteiger partial charge in [0.05, 0.1) is 5.69 Å². The van der Waals surface area contributed by atoms with Crippen LogP contribution in [-0.4, -0.2) is 33.2 Å². The number of sulfone groups is 1. The van der Waals surface area contributed by atoms with Crippen LogP contribution in [0.5, 0.6) is 0 Å². The Morgan fingerprint density at radius 2 is 1.94 bits per heavy atom. The molecule has 0 amide bonds. The molecule has 1 N–H and O–H groups in total. The lowest BCUT2D eigenvalue weighted by Gasteiger charge is -2.08. The van der Waals surface area contributed by atoms with Crippen LogP contribution in [0.1, 0.15) is 5.56 Å². The second-order valence-electron chi connectivity index (χ2n) is 3.61. The Bertz CT molecular complexity index is 625. The summed E-state index contributed by atoms with van der Waals surface area (Å²) in [5, 5.41) is -1.03. The standard InChI is InChI=1S/C8H11ClN2O4S2/c1-6-3-7(8(9)10-4-6)11-17(14,15)5-16(2,12)13/h3-4,11H,5H2,1-2H3. The maximum Gasteiger partial charge on any atom is 0.247 e. The van der Waals surface area contributed by atoms with Crippen LogP contribution in [0.3, 0.4) is 0 Å². The second kappa shape index (κ2) is 4.79. The van der Waals surface area contributed by atoms with Crippen molar-refractivity contribution in [3.8, 4) is 0 Å². The number of anilines is 1. The predicted octanol–water partition coefficient (Wildman–Crippen LogP) is 0.787. The van der Waals surface area contributed by atoms with E-state index in [0.29, 0.717) is 5.56 Å². The minimum Gasteiger partial charge on any atom is -0.280 e. The number of nitrogens with zero attached hydrogens (tertiary/aromatic N) is 1. The normalized spacial score (nSPS) is 12.4. The topological polar surface area (TPSA) is 93.2 Å². The Labute approximate surface area is 105 Å². The summed E-state index contributed by atoms with van der Waals surface area (Å²) in [6.07, 6.45) is 2.30.